The Morgan fingerprint density at radius 1 is 0.812 bits per heavy atom. The molecule has 0 bridgehead atoms. The lowest BCUT2D eigenvalue weighted by Crippen LogP contribution is -2.39. The van der Waals surface area contributed by atoms with Crippen LogP contribution in [0.2, 0.25) is 0 Å². The first-order valence-electron chi connectivity index (χ1n) is 7.40. The molecule has 0 aliphatic heterocycles. The van der Waals surface area contributed by atoms with Crippen LogP contribution in [0.4, 0.5) is 0 Å². The van der Waals surface area contributed by atoms with Crippen LogP contribution in [0.1, 0.15) is 86.0 Å². The van der Waals surface area contributed by atoms with Crippen molar-refractivity contribution >= 4 is 0 Å². The number of hydrogen-bond acceptors (Lipinski definition) is 0. The summed E-state index contributed by atoms with van der Waals surface area (Å²) in [5.74, 6) is 0.790. The van der Waals surface area contributed by atoms with Gasteiger partial charge in [-0.2, -0.15) is 0 Å². The summed E-state index contributed by atoms with van der Waals surface area (Å²) >= 11 is 0. The topological polar surface area (TPSA) is 0 Å². The monoisotopic (exact) mass is 224 g/mol. The lowest BCUT2D eigenvalue weighted by molar-refractivity contribution is 0.0188. The van der Waals surface area contributed by atoms with Crippen molar-refractivity contribution in [1.29, 1.82) is 0 Å². The number of hydrogen-bond donors (Lipinski definition) is 0. The minimum atomic E-state index is 0.483. The maximum Gasteiger partial charge on any atom is -0.0272 e. The second kappa shape index (κ2) is 5.56. The Bertz CT molecular complexity index is 190. The van der Waals surface area contributed by atoms with Crippen molar-refractivity contribution < 1.29 is 0 Å². The molecule has 16 heavy (non-hydrogen) atoms. The third-order valence-electron chi connectivity index (χ3n) is 5.71. The molecule has 0 aromatic rings. The Morgan fingerprint density at radius 2 is 1.19 bits per heavy atom. The van der Waals surface area contributed by atoms with Gasteiger partial charge in [-0.1, -0.05) is 73.1 Å². The van der Waals surface area contributed by atoms with E-state index in [0.29, 0.717) is 10.8 Å². The van der Waals surface area contributed by atoms with Crippen molar-refractivity contribution in [2.24, 2.45) is 16.7 Å². The molecular formula is C16H32. The van der Waals surface area contributed by atoms with Crippen LogP contribution >= 0.6 is 0 Å². The normalized spacial score (nSPS) is 23.6. The average molecular weight is 224 g/mol. The molecule has 0 aromatic heterocycles. The molecule has 1 aliphatic rings. The molecule has 0 heterocycles. The second-order valence-corrected chi connectivity index (χ2v) is 7.06. The average Bonchev–Trinajstić information content (AvgIpc) is 2.31. The molecule has 0 unspecified atom stereocenters. The zero-order valence-corrected chi connectivity index (χ0v) is 12.2. The Labute approximate surface area is 103 Å². The van der Waals surface area contributed by atoms with Gasteiger partial charge in [-0.25, -0.2) is 0 Å². The zero-order chi connectivity index (χ0) is 12.2. The first-order valence-corrected chi connectivity index (χ1v) is 7.40. The zero-order valence-electron chi connectivity index (χ0n) is 12.2. The van der Waals surface area contributed by atoms with Gasteiger partial charge < -0.3 is 0 Å². The van der Waals surface area contributed by atoms with Gasteiger partial charge in [0.1, 0.15) is 0 Å². The fourth-order valence-corrected chi connectivity index (χ4v) is 3.20. The highest BCUT2D eigenvalue weighted by Gasteiger charge is 2.41. The van der Waals surface area contributed by atoms with Crippen LogP contribution in [0.25, 0.3) is 0 Å². The molecule has 0 nitrogen and oxygen atoms in total. The van der Waals surface area contributed by atoms with E-state index in [1.807, 2.05) is 0 Å². The molecule has 1 aliphatic carbocycles. The number of rotatable bonds is 2. The van der Waals surface area contributed by atoms with Crippen molar-refractivity contribution in [1.82, 2.24) is 0 Å². The van der Waals surface area contributed by atoms with Gasteiger partial charge in [0, 0.05) is 0 Å². The molecule has 0 heteroatoms. The third kappa shape index (κ3) is 3.02. The van der Waals surface area contributed by atoms with Gasteiger partial charge in [0.2, 0.25) is 0 Å². The first-order chi connectivity index (χ1) is 7.40. The molecular weight excluding hydrogens is 192 g/mol. The van der Waals surface area contributed by atoms with Crippen molar-refractivity contribution in [2.75, 3.05) is 0 Å². The van der Waals surface area contributed by atoms with Gasteiger partial charge in [-0.15, -0.1) is 0 Å². The molecule has 0 radical (unpaired) electrons. The van der Waals surface area contributed by atoms with Crippen LogP contribution in [0, 0.1) is 16.7 Å². The Morgan fingerprint density at radius 3 is 1.56 bits per heavy atom. The van der Waals surface area contributed by atoms with Gasteiger partial charge in [0.05, 0.1) is 0 Å². The fraction of sp³-hybridized carbons (Fsp3) is 1.00. The minimum absolute atomic E-state index is 0.483. The SMILES string of the molecule is CC(C)C(C)(C)C1(C)CCCCCCCC1. The highest BCUT2D eigenvalue weighted by Crippen LogP contribution is 2.51. The van der Waals surface area contributed by atoms with Crippen molar-refractivity contribution in [3.8, 4) is 0 Å². The van der Waals surface area contributed by atoms with Gasteiger partial charge in [-0.3, -0.25) is 0 Å². The highest BCUT2D eigenvalue weighted by atomic mass is 14.5. The summed E-state index contributed by atoms with van der Waals surface area (Å²) in [7, 11) is 0. The van der Waals surface area contributed by atoms with Gasteiger partial charge >= 0.3 is 0 Å². The fourth-order valence-electron chi connectivity index (χ4n) is 3.20. The Kier molecular flexibility index (Phi) is 4.88. The predicted molar refractivity (Wildman–Crippen MR) is 73.7 cm³/mol. The molecule has 0 N–H and O–H groups in total. The molecule has 96 valence electrons. The lowest BCUT2D eigenvalue weighted by Gasteiger charge is -2.48. The first kappa shape index (κ1) is 14.1. The molecule has 0 amide bonds. The molecule has 1 saturated carbocycles. The smallest absolute Gasteiger partial charge is 0.0272 e. The summed E-state index contributed by atoms with van der Waals surface area (Å²) in [6.45, 7) is 12.3. The summed E-state index contributed by atoms with van der Waals surface area (Å²) in [6.07, 6.45) is 11.7. The van der Waals surface area contributed by atoms with Crippen LogP contribution in [0.3, 0.4) is 0 Å². The molecule has 0 saturated heterocycles. The Balaban J connectivity index is 2.76. The van der Waals surface area contributed by atoms with Crippen LogP contribution in [0.5, 0.6) is 0 Å². The van der Waals surface area contributed by atoms with Gasteiger partial charge in [0.15, 0.2) is 0 Å². The minimum Gasteiger partial charge on any atom is -0.0622 e. The second-order valence-electron chi connectivity index (χ2n) is 7.06. The van der Waals surface area contributed by atoms with E-state index in [1.165, 1.54) is 51.4 Å². The van der Waals surface area contributed by atoms with E-state index in [-0.39, 0.29) is 0 Å². The molecule has 0 aromatic carbocycles. The van der Waals surface area contributed by atoms with Gasteiger partial charge in [-0.05, 0) is 29.6 Å². The van der Waals surface area contributed by atoms with Crippen molar-refractivity contribution in [3.05, 3.63) is 0 Å². The van der Waals surface area contributed by atoms with Crippen molar-refractivity contribution in [2.45, 2.75) is 86.0 Å². The van der Waals surface area contributed by atoms with Gasteiger partial charge in [0.25, 0.3) is 0 Å². The molecule has 1 rings (SSSR count). The maximum atomic E-state index is 2.55. The Hall–Kier alpha value is 0. The van der Waals surface area contributed by atoms with Crippen LogP contribution in [-0.4, -0.2) is 0 Å². The van der Waals surface area contributed by atoms with Crippen LogP contribution in [0.15, 0.2) is 0 Å². The summed E-state index contributed by atoms with van der Waals surface area (Å²) < 4.78 is 0. The van der Waals surface area contributed by atoms with E-state index in [2.05, 4.69) is 34.6 Å². The highest BCUT2D eigenvalue weighted by molar-refractivity contribution is 4.91. The van der Waals surface area contributed by atoms with E-state index < -0.39 is 0 Å². The summed E-state index contributed by atoms with van der Waals surface area (Å²) in [6, 6.07) is 0. The van der Waals surface area contributed by atoms with E-state index in [1.54, 1.807) is 0 Å². The largest absolute Gasteiger partial charge is 0.0622 e. The quantitative estimate of drug-likeness (QED) is 0.555. The lowest BCUT2D eigenvalue weighted by atomic mass is 9.57. The van der Waals surface area contributed by atoms with Crippen LogP contribution < -0.4 is 0 Å². The van der Waals surface area contributed by atoms with Crippen LogP contribution in [-0.2, 0) is 0 Å². The summed E-state index contributed by atoms with van der Waals surface area (Å²) in [4.78, 5) is 0. The summed E-state index contributed by atoms with van der Waals surface area (Å²) in [5.41, 5.74) is 1.04. The molecule has 0 spiro atoms. The summed E-state index contributed by atoms with van der Waals surface area (Å²) in [5, 5.41) is 0. The van der Waals surface area contributed by atoms with E-state index in [4.69, 9.17) is 0 Å². The third-order valence-corrected chi connectivity index (χ3v) is 5.71. The van der Waals surface area contributed by atoms with E-state index in [9.17, 15) is 0 Å². The van der Waals surface area contributed by atoms with E-state index in [0.717, 1.165) is 5.92 Å². The predicted octanol–water partition coefficient (Wildman–Crippen LogP) is 5.81. The molecule has 1 fully saturated rings. The van der Waals surface area contributed by atoms with Crippen molar-refractivity contribution in [3.63, 3.8) is 0 Å². The standard InChI is InChI=1S/C16H32/c1-14(2)15(3,4)16(5)12-10-8-6-7-9-11-13-16/h14H,6-13H2,1-5H3. The maximum absolute atomic E-state index is 2.55. The van der Waals surface area contributed by atoms with E-state index >= 15 is 0 Å². The molecule has 0 atom stereocenters.